The molecule has 0 aliphatic rings. The molecule has 0 spiro atoms. The average Bonchev–Trinajstić information content (AvgIpc) is 3.38. The molecule has 3 aromatic rings. The fourth-order valence-electron chi connectivity index (χ4n) is 3.13. The van der Waals surface area contributed by atoms with Gasteiger partial charge in [-0.1, -0.05) is 6.92 Å². The molecule has 0 amide bonds. The molecule has 0 aliphatic carbocycles. The van der Waals surface area contributed by atoms with E-state index in [0.717, 1.165) is 64.9 Å². The third-order valence-electron chi connectivity index (χ3n) is 4.66. The van der Waals surface area contributed by atoms with Crippen molar-refractivity contribution in [2.45, 2.75) is 32.7 Å². The molecule has 30 heavy (non-hydrogen) atoms. The number of benzene rings is 1. The number of rotatable bonds is 9. The Morgan fingerprint density at radius 1 is 1.20 bits per heavy atom. The lowest BCUT2D eigenvalue weighted by molar-refractivity contribution is 0.398. The first kappa shape index (κ1) is 24.3. The summed E-state index contributed by atoms with van der Waals surface area (Å²) in [5.41, 5.74) is 3.25. The Kier molecular flexibility index (Phi) is 9.70. The number of halogens is 1. The number of thiazole rings is 1. The molecule has 2 aromatic heterocycles. The second-order valence-corrected chi connectivity index (χ2v) is 7.57. The molecule has 0 aliphatic heterocycles. The molecule has 0 radical (unpaired) electrons. The van der Waals surface area contributed by atoms with Crippen LogP contribution >= 0.6 is 35.3 Å². The van der Waals surface area contributed by atoms with Crippen LogP contribution in [0.15, 0.2) is 28.6 Å². The number of methoxy groups -OCH3 is 2. The number of H-pyrrole nitrogens is 1. The molecule has 0 bridgehead atoms. The summed E-state index contributed by atoms with van der Waals surface area (Å²) in [5, 5.41) is 11.0. The maximum atomic E-state index is 5.49. The van der Waals surface area contributed by atoms with Crippen LogP contribution in [0.3, 0.4) is 0 Å². The van der Waals surface area contributed by atoms with E-state index in [-0.39, 0.29) is 24.0 Å². The predicted molar refractivity (Wildman–Crippen MR) is 135 cm³/mol. The molecule has 7 nitrogen and oxygen atoms in total. The van der Waals surface area contributed by atoms with Gasteiger partial charge in [0.15, 0.2) is 5.96 Å². The highest BCUT2D eigenvalue weighted by Gasteiger charge is 2.09. The minimum atomic E-state index is 0. The van der Waals surface area contributed by atoms with E-state index in [2.05, 4.69) is 44.0 Å². The highest BCUT2D eigenvalue weighted by molar-refractivity contribution is 14.0. The van der Waals surface area contributed by atoms with E-state index in [0.29, 0.717) is 6.54 Å². The molecule has 164 valence electrons. The van der Waals surface area contributed by atoms with Gasteiger partial charge < -0.3 is 25.1 Å². The Bertz CT molecular complexity index is 970. The SMILES string of the molecule is CCc1nc(CNC(=NC)NCCCc2cc3c(OC)cc(OC)cc3[nH]2)cs1.I. The van der Waals surface area contributed by atoms with Crippen LogP contribution in [0.2, 0.25) is 0 Å². The molecule has 3 N–H and O–H groups in total. The maximum absolute atomic E-state index is 5.49. The smallest absolute Gasteiger partial charge is 0.191 e. The first-order valence-corrected chi connectivity index (χ1v) is 10.7. The van der Waals surface area contributed by atoms with E-state index in [9.17, 15) is 0 Å². The predicted octanol–water partition coefficient (Wildman–Crippen LogP) is 4.12. The van der Waals surface area contributed by atoms with Crippen molar-refractivity contribution in [3.05, 3.63) is 40.0 Å². The van der Waals surface area contributed by atoms with Gasteiger partial charge in [-0.3, -0.25) is 4.99 Å². The topological polar surface area (TPSA) is 83.6 Å². The monoisotopic (exact) mass is 543 g/mol. The van der Waals surface area contributed by atoms with Gasteiger partial charge in [0.25, 0.3) is 0 Å². The molecule has 3 rings (SSSR count). The van der Waals surface area contributed by atoms with Gasteiger partial charge in [-0.2, -0.15) is 0 Å². The van der Waals surface area contributed by atoms with Crippen molar-refractivity contribution in [3.63, 3.8) is 0 Å². The molecular formula is C21H30IN5O2S. The molecule has 0 unspecified atom stereocenters. The van der Waals surface area contributed by atoms with Crippen molar-refractivity contribution in [2.75, 3.05) is 27.8 Å². The Morgan fingerprint density at radius 3 is 2.70 bits per heavy atom. The van der Waals surface area contributed by atoms with Crippen LogP contribution < -0.4 is 20.1 Å². The number of aliphatic imine (C=N–C) groups is 1. The fraction of sp³-hybridized carbons (Fsp3) is 0.429. The van der Waals surface area contributed by atoms with Crippen LogP contribution in [0.25, 0.3) is 10.9 Å². The number of nitrogens with zero attached hydrogens (tertiary/aromatic N) is 2. The lowest BCUT2D eigenvalue weighted by atomic mass is 10.2. The highest BCUT2D eigenvalue weighted by atomic mass is 127. The van der Waals surface area contributed by atoms with Gasteiger partial charge in [0, 0.05) is 42.2 Å². The van der Waals surface area contributed by atoms with Gasteiger partial charge >= 0.3 is 0 Å². The first-order chi connectivity index (χ1) is 14.2. The van der Waals surface area contributed by atoms with Gasteiger partial charge in [-0.05, 0) is 25.3 Å². The van der Waals surface area contributed by atoms with Gasteiger partial charge in [0.2, 0.25) is 0 Å². The van der Waals surface area contributed by atoms with Crippen LogP contribution in [-0.2, 0) is 19.4 Å². The second-order valence-electron chi connectivity index (χ2n) is 6.63. The number of nitrogens with one attached hydrogen (secondary N) is 3. The minimum absolute atomic E-state index is 0. The minimum Gasteiger partial charge on any atom is -0.497 e. The Hall–Kier alpha value is -2.01. The van der Waals surface area contributed by atoms with Gasteiger partial charge in [-0.25, -0.2) is 4.98 Å². The summed E-state index contributed by atoms with van der Waals surface area (Å²) in [5.74, 6) is 2.39. The number of guanidine groups is 1. The van der Waals surface area contributed by atoms with Gasteiger partial charge in [-0.15, -0.1) is 35.3 Å². The quantitative estimate of drug-likeness (QED) is 0.164. The normalized spacial score (nSPS) is 11.3. The van der Waals surface area contributed by atoms with Crippen molar-refractivity contribution in [1.82, 2.24) is 20.6 Å². The summed E-state index contributed by atoms with van der Waals surface area (Å²) in [6.07, 6.45) is 2.88. The number of hydrogen-bond acceptors (Lipinski definition) is 5. The Balaban J connectivity index is 0.00000320. The molecule has 2 heterocycles. The molecule has 0 atom stereocenters. The molecule has 0 saturated carbocycles. The van der Waals surface area contributed by atoms with Crippen LogP contribution in [0.5, 0.6) is 11.5 Å². The zero-order valence-electron chi connectivity index (χ0n) is 17.9. The van der Waals surface area contributed by atoms with E-state index in [1.165, 1.54) is 5.69 Å². The summed E-state index contributed by atoms with van der Waals surface area (Å²) in [7, 11) is 5.12. The van der Waals surface area contributed by atoms with Crippen molar-refractivity contribution >= 4 is 52.2 Å². The summed E-state index contributed by atoms with van der Waals surface area (Å²) in [6, 6.07) is 6.05. The molecular weight excluding hydrogens is 513 g/mol. The molecule has 0 saturated heterocycles. The zero-order valence-corrected chi connectivity index (χ0v) is 21.0. The summed E-state index contributed by atoms with van der Waals surface area (Å²) in [6.45, 7) is 3.63. The number of ether oxygens (including phenoxy) is 2. The third kappa shape index (κ3) is 6.24. The third-order valence-corrected chi connectivity index (χ3v) is 5.70. The molecule has 9 heteroatoms. The summed E-state index contributed by atoms with van der Waals surface area (Å²) in [4.78, 5) is 12.3. The average molecular weight is 543 g/mol. The number of aromatic nitrogens is 2. The number of hydrogen-bond donors (Lipinski definition) is 3. The Morgan fingerprint density at radius 2 is 2.03 bits per heavy atom. The van der Waals surface area contributed by atoms with Crippen molar-refractivity contribution in [2.24, 2.45) is 4.99 Å². The highest BCUT2D eigenvalue weighted by Crippen LogP contribution is 2.31. The fourth-order valence-corrected chi connectivity index (χ4v) is 3.88. The lowest BCUT2D eigenvalue weighted by Gasteiger charge is -2.10. The number of fused-ring (bicyclic) bond motifs is 1. The summed E-state index contributed by atoms with van der Waals surface area (Å²) >= 11 is 1.70. The second kappa shape index (κ2) is 12.0. The van der Waals surface area contributed by atoms with E-state index in [4.69, 9.17) is 9.47 Å². The first-order valence-electron chi connectivity index (χ1n) is 9.78. The van der Waals surface area contributed by atoms with E-state index in [1.807, 2.05) is 12.1 Å². The van der Waals surface area contributed by atoms with E-state index < -0.39 is 0 Å². The van der Waals surface area contributed by atoms with Crippen molar-refractivity contribution in [1.29, 1.82) is 0 Å². The van der Waals surface area contributed by atoms with Crippen molar-refractivity contribution in [3.8, 4) is 11.5 Å². The zero-order chi connectivity index (χ0) is 20.6. The van der Waals surface area contributed by atoms with Crippen LogP contribution in [-0.4, -0.2) is 43.7 Å². The number of aromatic amines is 1. The Labute approximate surface area is 198 Å². The maximum Gasteiger partial charge on any atom is 0.191 e. The number of aryl methyl sites for hydroxylation is 2. The summed E-state index contributed by atoms with van der Waals surface area (Å²) < 4.78 is 10.8. The van der Waals surface area contributed by atoms with E-state index >= 15 is 0 Å². The molecule has 1 aromatic carbocycles. The van der Waals surface area contributed by atoms with Crippen LogP contribution in [0.1, 0.15) is 29.7 Å². The lowest BCUT2D eigenvalue weighted by Crippen LogP contribution is -2.37. The van der Waals surface area contributed by atoms with Gasteiger partial charge in [0.1, 0.15) is 11.5 Å². The van der Waals surface area contributed by atoms with E-state index in [1.54, 1.807) is 32.6 Å². The standard InChI is InChI=1S/C21H29N5O2S.HI/c1-5-20-26-15(13-29-20)12-24-21(22-2)23-8-6-7-14-9-17-18(25-14)10-16(27-3)11-19(17)28-4;/h9-11,13,25H,5-8,12H2,1-4H3,(H2,22,23,24);1H. The molecule has 0 fully saturated rings. The van der Waals surface area contributed by atoms with Crippen molar-refractivity contribution < 1.29 is 9.47 Å². The van der Waals surface area contributed by atoms with Crippen LogP contribution in [0.4, 0.5) is 0 Å². The largest absolute Gasteiger partial charge is 0.497 e. The van der Waals surface area contributed by atoms with Crippen LogP contribution in [0, 0.1) is 0 Å². The van der Waals surface area contributed by atoms with Gasteiger partial charge in [0.05, 0.1) is 37.0 Å².